The first-order chi connectivity index (χ1) is 9.29. The number of benzene rings is 1. The summed E-state index contributed by atoms with van der Waals surface area (Å²) < 4.78 is 51.3. The first-order valence-corrected chi connectivity index (χ1v) is 6.13. The van der Waals surface area contributed by atoms with E-state index in [1.54, 1.807) is 0 Å². The average molecular weight is 291 g/mol. The third kappa shape index (κ3) is 3.02. The van der Waals surface area contributed by atoms with E-state index in [-0.39, 0.29) is 24.2 Å². The first-order valence-electron chi connectivity index (χ1n) is 6.13. The van der Waals surface area contributed by atoms with Crippen molar-refractivity contribution >= 4 is 11.7 Å². The van der Waals surface area contributed by atoms with Gasteiger partial charge in [-0.05, 0) is 31.0 Å². The van der Waals surface area contributed by atoms with E-state index in [4.69, 9.17) is 5.11 Å². The molecule has 1 aromatic rings. The number of carbonyl (C=O) groups is 1. The summed E-state index contributed by atoms with van der Waals surface area (Å²) in [6, 6.07) is 3.10. The van der Waals surface area contributed by atoms with Gasteiger partial charge in [0.15, 0.2) is 0 Å². The summed E-state index contributed by atoms with van der Waals surface area (Å²) in [4.78, 5) is 12.4. The van der Waals surface area contributed by atoms with Gasteiger partial charge >= 0.3 is 12.1 Å². The highest BCUT2D eigenvalue weighted by Crippen LogP contribution is 2.35. The van der Waals surface area contributed by atoms with Crippen molar-refractivity contribution in [3.8, 4) is 0 Å². The number of halogens is 4. The standard InChI is InChI=1S/C13H13F4NO2/c14-9-3-4-11(10(6-9)12(19)20)18-5-1-2-8(7-18)13(15,16)17/h3-4,6,8H,1-2,5,7H2,(H,19,20). The summed E-state index contributed by atoms with van der Waals surface area (Å²) in [6.07, 6.45) is -3.95. The van der Waals surface area contributed by atoms with Gasteiger partial charge in [-0.2, -0.15) is 13.2 Å². The number of alkyl halides is 3. The Labute approximate surface area is 112 Å². The quantitative estimate of drug-likeness (QED) is 0.850. The number of piperidine rings is 1. The van der Waals surface area contributed by atoms with Gasteiger partial charge in [-0.1, -0.05) is 0 Å². The fourth-order valence-electron chi connectivity index (χ4n) is 2.42. The number of nitrogens with zero attached hydrogens (tertiary/aromatic N) is 1. The van der Waals surface area contributed by atoms with E-state index in [1.807, 2.05) is 0 Å². The van der Waals surface area contributed by atoms with Gasteiger partial charge in [-0.15, -0.1) is 0 Å². The van der Waals surface area contributed by atoms with E-state index < -0.39 is 23.9 Å². The molecule has 20 heavy (non-hydrogen) atoms. The molecule has 3 nitrogen and oxygen atoms in total. The maximum Gasteiger partial charge on any atom is 0.393 e. The second-order valence-electron chi connectivity index (χ2n) is 4.79. The molecule has 2 rings (SSSR count). The summed E-state index contributed by atoms with van der Waals surface area (Å²) in [5, 5.41) is 9.03. The molecule has 1 saturated heterocycles. The Morgan fingerprint density at radius 1 is 1.35 bits per heavy atom. The van der Waals surface area contributed by atoms with Gasteiger partial charge in [0.2, 0.25) is 0 Å². The van der Waals surface area contributed by atoms with Crippen LogP contribution >= 0.6 is 0 Å². The number of carboxylic acid groups (broad SMARTS) is 1. The molecule has 1 aliphatic heterocycles. The summed E-state index contributed by atoms with van der Waals surface area (Å²) in [6.45, 7) is 0.0356. The molecule has 0 spiro atoms. The third-order valence-electron chi connectivity index (χ3n) is 3.41. The second kappa shape index (κ2) is 5.30. The van der Waals surface area contributed by atoms with Crippen molar-refractivity contribution in [2.45, 2.75) is 19.0 Å². The lowest BCUT2D eigenvalue weighted by Gasteiger charge is -2.35. The van der Waals surface area contributed by atoms with Gasteiger partial charge in [0.25, 0.3) is 0 Å². The SMILES string of the molecule is O=C(O)c1cc(F)ccc1N1CCCC(C(F)(F)F)C1. The van der Waals surface area contributed by atoms with Crippen LogP contribution in [0, 0.1) is 11.7 Å². The molecule has 1 atom stereocenters. The summed E-state index contributed by atoms with van der Waals surface area (Å²) in [7, 11) is 0. The molecule has 0 amide bonds. The van der Waals surface area contributed by atoms with Crippen LogP contribution in [0.2, 0.25) is 0 Å². The number of anilines is 1. The zero-order valence-electron chi connectivity index (χ0n) is 10.5. The van der Waals surface area contributed by atoms with Crippen molar-refractivity contribution < 1.29 is 27.5 Å². The lowest BCUT2D eigenvalue weighted by atomic mass is 9.96. The van der Waals surface area contributed by atoms with E-state index in [0.29, 0.717) is 13.0 Å². The lowest BCUT2D eigenvalue weighted by Crippen LogP contribution is -2.42. The van der Waals surface area contributed by atoms with E-state index in [2.05, 4.69) is 0 Å². The molecule has 0 saturated carbocycles. The molecule has 1 N–H and O–H groups in total. The molecular weight excluding hydrogens is 278 g/mol. The Kier molecular flexibility index (Phi) is 3.87. The van der Waals surface area contributed by atoms with Crippen molar-refractivity contribution in [2.75, 3.05) is 18.0 Å². The highest BCUT2D eigenvalue weighted by Gasteiger charge is 2.42. The van der Waals surface area contributed by atoms with Crippen LogP contribution in [0.4, 0.5) is 23.2 Å². The zero-order chi connectivity index (χ0) is 14.9. The monoisotopic (exact) mass is 291 g/mol. The molecule has 110 valence electrons. The van der Waals surface area contributed by atoms with E-state index in [1.165, 1.54) is 11.0 Å². The topological polar surface area (TPSA) is 40.5 Å². The maximum absolute atomic E-state index is 13.1. The molecule has 1 aromatic carbocycles. The number of carboxylic acids is 1. The van der Waals surface area contributed by atoms with Crippen LogP contribution < -0.4 is 4.90 Å². The summed E-state index contributed by atoms with van der Waals surface area (Å²) in [5.41, 5.74) is -0.180. The maximum atomic E-state index is 13.1. The van der Waals surface area contributed by atoms with Crippen molar-refractivity contribution in [1.29, 1.82) is 0 Å². The highest BCUT2D eigenvalue weighted by molar-refractivity contribution is 5.94. The van der Waals surface area contributed by atoms with E-state index >= 15 is 0 Å². The van der Waals surface area contributed by atoms with Gasteiger partial charge in [0.05, 0.1) is 17.2 Å². The summed E-state index contributed by atoms with van der Waals surface area (Å²) >= 11 is 0. The van der Waals surface area contributed by atoms with Crippen LogP contribution in [0.3, 0.4) is 0 Å². The minimum absolute atomic E-state index is 0.0313. The minimum atomic E-state index is -4.30. The second-order valence-corrected chi connectivity index (χ2v) is 4.79. The van der Waals surface area contributed by atoms with Gasteiger partial charge in [-0.25, -0.2) is 9.18 Å². The molecule has 7 heteroatoms. The molecule has 1 heterocycles. The van der Waals surface area contributed by atoms with Gasteiger partial charge < -0.3 is 10.0 Å². The van der Waals surface area contributed by atoms with E-state index in [0.717, 1.165) is 12.1 Å². The normalized spacial score (nSPS) is 20.0. The van der Waals surface area contributed by atoms with Crippen LogP contribution in [0.25, 0.3) is 0 Å². The fraction of sp³-hybridized carbons (Fsp3) is 0.462. The lowest BCUT2D eigenvalue weighted by molar-refractivity contribution is -0.175. The molecule has 0 aromatic heterocycles. The molecular formula is C13H13F4NO2. The average Bonchev–Trinajstić information content (AvgIpc) is 2.37. The molecule has 0 aliphatic carbocycles. The molecule has 1 aliphatic rings. The Morgan fingerprint density at radius 2 is 2.05 bits per heavy atom. The first kappa shape index (κ1) is 14.6. The van der Waals surface area contributed by atoms with Crippen LogP contribution in [0.15, 0.2) is 18.2 Å². The van der Waals surface area contributed by atoms with Crippen molar-refractivity contribution in [1.82, 2.24) is 0 Å². The fourth-order valence-corrected chi connectivity index (χ4v) is 2.42. The molecule has 1 unspecified atom stereocenters. The number of hydrogen-bond acceptors (Lipinski definition) is 2. The molecule has 0 bridgehead atoms. The predicted octanol–water partition coefficient (Wildman–Crippen LogP) is 3.30. The number of rotatable bonds is 2. The predicted molar refractivity (Wildman–Crippen MR) is 64.4 cm³/mol. The summed E-state index contributed by atoms with van der Waals surface area (Å²) in [5.74, 6) is -3.56. The van der Waals surface area contributed by atoms with Crippen LogP contribution in [0.1, 0.15) is 23.2 Å². The minimum Gasteiger partial charge on any atom is -0.478 e. The van der Waals surface area contributed by atoms with Crippen LogP contribution in [0.5, 0.6) is 0 Å². The highest BCUT2D eigenvalue weighted by atomic mass is 19.4. The van der Waals surface area contributed by atoms with E-state index in [9.17, 15) is 22.4 Å². The molecule has 1 fully saturated rings. The van der Waals surface area contributed by atoms with Crippen LogP contribution in [-0.4, -0.2) is 30.3 Å². The zero-order valence-corrected chi connectivity index (χ0v) is 10.5. The van der Waals surface area contributed by atoms with Gasteiger partial charge in [0.1, 0.15) is 5.82 Å². The number of hydrogen-bond donors (Lipinski definition) is 1. The van der Waals surface area contributed by atoms with Crippen LogP contribution in [-0.2, 0) is 0 Å². The van der Waals surface area contributed by atoms with Crippen molar-refractivity contribution in [3.05, 3.63) is 29.6 Å². The largest absolute Gasteiger partial charge is 0.478 e. The third-order valence-corrected chi connectivity index (χ3v) is 3.41. The van der Waals surface area contributed by atoms with Crippen molar-refractivity contribution in [2.24, 2.45) is 5.92 Å². The van der Waals surface area contributed by atoms with Crippen molar-refractivity contribution in [3.63, 3.8) is 0 Å². The Bertz CT molecular complexity index is 516. The Morgan fingerprint density at radius 3 is 2.65 bits per heavy atom. The number of aromatic carboxylic acids is 1. The van der Waals surface area contributed by atoms with Gasteiger partial charge in [-0.3, -0.25) is 0 Å². The Balaban J connectivity index is 2.29. The smallest absolute Gasteiger partial charge is 0.393 e. The van der Waals surface area contributed by atoms with Gasteiger partial charge in [0, 0.05) is 13.1 Å². The molecule has 0 radical (unpaired) electrons. The Hall–Kier alpha value is -1.79.